The van der Waals surface area contributed by atoms with E-state index in [1.807, 2.05) is 65.8 Å². The zero-order chi connectivity index (χ0) is 22.1. The highest BCUT2D eigenvalue weighted by Crippen LogP contribution is 2.62. The number of hydrogen-bond donors (Lipinski definition) is 3. The lowest BCUT2D eigenvalue weighted by Crippen LogP contribution is -2.42. The second-order valence-corrected chi connectivity index (χ2v) is 10.8. The molecule has 2 saturated heterocycles. The maximum absolute atomic E-state index is 12.1. The molecule has 0 radical (unpaired) electrons. The summed E-state index contributed by atoms with van der Waals surface area (Å²) in [4.78, 5) is 12.1. The third-order valence-corrected chi connectivity index (χ3v) is 9.29. The lowest BCUT2D eigenvalue weighted by molar-refractivity contribution is -0.147. The summed E-state index contributed by atoms with van der Waals surface area (Å²) >= 11 is 0. The van der Waals surface area contributed by atoms with Crippen LogP contribution in [0.1, 0.15) is 54.5 Å². The van der Waals surface area contributed by atoms with Gasteiger partial charge >= 0.3 is 5.97 Å². The van der Waals surface area contributed by atoms with Crippen LogP contribution >= 0.6 is 10.8 Å². The van der Waals surface area contributed by atoms with E-state index < -0.39 is 22.2 Å². The van der Waals surface area contributed by atoms with Crippen molar-refractivity contribution >= 4 is 16.7 Å². The zero-order valence-corrected chi connectivity index (χ0v) is 18.6. The van der Waals surface area contributed by atoms with Gasteiger partial charge < -0.3 is 9.84 Å². The molecule has 2 aliphatic heterocycles. The molecule has 2 aromatic rings. The minimum absolute atomic E-state index is 0.0468. The van der Waals surface area contributed by atoms with E-state index in [1.54, 1.807) is 0 Å². The fourth-order valence-electron chi connectivity index (χ4n) is 4.85. The number of carboxylic acids is 1. The molecular weight excluding hydrogens is 414 g/mol. The molecule has 7 heteroatoms. The number of ether oxygens (including phenoxy) is 1. The molecule has 2 unspecified atom stereocenters. The van der Waals surface area contributed by atoms with Crippen LogP contribution in [0.5, 0.6) is 0 Å². The van der Waals surface area contributed by atoms with Crippen LogP contribution in [0.25, 0.3) is 0 Å². The van der Waals surface area contributed by atoms with Crippen molar-refractivity contribution in [3.63, 3.8) is 0 Å². The van der Waals surface area contributed by atoms with Crippen molar-refractivity contribution in [3.8, 4) is 0 Å². The van der Waals surface area contributed by atoms with Crippen molar-refractivity contribution in [2.24, 2.45) is 0 Å². The molecular formula is C24H31NO5S. The van der Waals surface area contributed by atoms with Crippen LogP contribution in [0, 0.1) is 0 Å². The molecule has 6 nitrogen and oxygen atoms in total. The Hall–Kier alpha value is -1.90. The summed E-state index contributed by atoms with van der Waals surface area (Å²) in [5.74, 6) is -0.812. The van der Waals surface area contributed by atoms with Gasteiger partial charge in [-0.25, -0.2) is 0 Å². The van der Waals surface area contributed by atoms with Gasteiger partial charge in [0.05, 0.1) is 10.7 Å². The molecule has 0 amide bonds. The summed E-state index contributed by atoms with van der Waals surface area (Å²) < 4.78 is 29.7. The second kappa shape index (κ2) is 8.92. The maximum atomic E-state index is 12.1. The highest BCUT2D eigenvalue weighted by molar-refractivity contribution is 8.22. The molecule has 0 aromatic heterocycles. The monoisotopic (exact) mass is 445 g/mol. The van der Waals surface area contributed by atoms with Crippen LogP contribution in [0.15, 0.2) is 54.6 Å². The fourth-order valence-corrected chi connectivity index (χ4v) is 7.12. The smallest absolute Gasteiger partial charge is 0.314 e. The quantitative estimate of drug-likeness (QED) is 0.585. The number of carboxylic acid groups (broad SMARTS) is 1. The molecule has 168 valence electrons. The summed E-state index contributed by atoms with van der Waals surface area (Å²) in [7, 11) is -3.00. The average molecular weight is 446 g/mol. The van der Waals surface area contributed by atoms with E-state index in [2.05, 4.69) is 0 Å². The number of benzene rings is 2. The van der Waals surface area contributed by atoms with Gasteiger partial charge in [0.2, 0.25) is 0 Å². The third kappa shape index (κ3) is 4.25. The molecule has 0 bridgehead atoms. The van der Waals surface area contributed by atoms with Crippen molar-refractivity contribution in [2.75, 3.05) is 13.2 Å². The van der Waals surface area contributed by atoms with E-state index in [0.29, 0.717) is 32.6 Å². The molecule has 4 rings (SSSR count). The summed E-state index contributed by atoms with van der Waals surface area (Å²) in [5.41, 5.74) is 1.78. The first-order valence-corrected chi connectivity index (χ1v) is 12.4. The van der Waals surface area contributed by atoms with Gasteiger partial charge in [-0.2, -0.15) is 4.31 Å². The van der Waals surface area contributed by atoms with Gasteiger partial charge in [-0.3, -0.25) is 13.9 Å². The van der Waals surface area contributed by atoms with Gasteiger partial charge in [-0.05, 0) is 49.3 Å². The van der Waals surface area contributed by atoms with E-state index >= 15 is 0 Å². The highest BCUT2D eigenvalue weighted by atomic mass is 32.3. The lowest BCUT2D eigenvalue weighted by atomic mass is 9.74. The summed E-state index contributed by atoms with van der Waals surface area (Å²) in [6.07, 6.45) is 2.55. The van der Waals surface area contributed by atoms with E-state index in [0.717, 1.165) is 29.5 Å². The van der Waals surface area contributed by atoms with Gasteiger partial charge in [0.1, 0.15) is 0 Å². The Kier molecular flexibility index (Phi) is 6.42. The number of hydrogen-bond acceptors (Lipinski definition) is 5. The Morgan fingerprint density at radius 1 is 1.06 bits per heavy atom. The Balaban J connectivity index is 1.56. The normalized spacial score (nSPS) is 26.8. The average Bonchev–Trinajstić information content (AvgIpc) is 2.78. The van der Waals surface area contributed by atoms with Crippen LogP contribution in [0.4, 0.5) is 0 Å². The molecule has 2 aliphatic rings. The summed E-state index contributed by atoms with van der Waals surface area (Å²) in [6, 6.07) is 17.4. The van der Waals surface area contributed by atoms with Crippen molar-refractivity contribution in [1.29, 1.82) is 0 Å². The first-order chi connectivity index (χ1) is 14.8. The van der Waals surface area contributed by atoms with E-state index in [1.165, 1.54) is 0 Å². The molecule has 2 atom stereocenters. The highest BCUT2D eigenvalue weighted by Gasteiger charge is 2.42. The Morgan fingerprint density at radius 2 is 1.71 bits per heavy atom. The van der Waals surface area contributed by atoms with E-state index in [4.69, 9.17) is 4.74 Å². The Labute approximate surface area is 185 Å². The molecule has 2 aromatic carbocycles. The molecule has 3 N–H and O–H groups in total. The van der Waals surface area contributed by atoms with E-state index in [9.17, 15) is 19.0 Å². The standard InChI is InChI=1S/C24H31NO5S/c1-18-7-12-22(20-5-3-2-4-6-20)31(28,29)25(18)17-19-8-10-21(11-9-19)24(23(26)27)13-15-30-16-14-24/h2-6,8-11,18,22,28-29H,7,12-17H2,1H3,(H,26,27). The second-order valence-electron chi connectivity index (χ2n) is 8.66. The molecule has 2 fully saturated rings. The van der Waals surface area contributed by atoms with Crippen molar-refractivity contribution < 1.29 is 23.7 Å². The maximum Gasteiger partial charge on any atom is 0.314 e. The molecule has 0 saturated carbocycles. The van der Waals surface area contributed by atoms with Gasteiger partial charge in [-0.15, -0.1) is 10.8 Å². The predicted octanol–water partition coefficient (Wildman–Crippen LogP) is 5.21. The van der Waals surface area contributed by atoms with Crippen molar-refractivity contribution in [2.45, 2.75) is 55.9 Å². The molecule has 0 aliphatic carbocycles. The molecule has 2 heterocycles. The van der Waals surface area contributed by atoms with Gasteiger partial charge in [0, 0.05) is 25.8 Å². The van der Waals surface area contributed by atoms with Crippen LogP contribution < -0.4 is 0 Å². The fraction of sp³-hybridized carbons (Fsp3) is 0.458. The van der Waals surface area contributed by atoms with Crippen molar-refractivity contribution in [3.05, 3.63) is 71.3 Å². The minimum atomic E-state index is -3.00. The summed E-state index contributed by atoms with van der Waals surface area (Å²) in [6.45, 7) is 3.34. The molecule has 31 heavy (non-hydrogen) atoms. The van der Waals surface area contributed by atoms with Gasteiger partial charge in [-0.1, -0.05) is 54.6 Å². The Morgan fingerprint density at radius 3 is 2.32 bits per heavy atom. The number of nitrogens with zero attached hydrogens (tertiary/aromatic N) is 1. The van der Waals surface area contributed by atoms with Crippen LogP contribution in [0.3, 0.4) is 0 Å². The Bertz CT molecular complexity index is 896. The van der Waals surface area contributed by atoms with Gasteiger partial charge in [0.25, 0.3) is 0 Å². The third-order valence-electron chi connectivity index (χ3n) is 6.84. The lowest BCUT2D eigenvalue weighted by Gasteiger charge is -2.54. The first-order valence-electron chi connectivity index (χ1n) is 10.8. The van der Waals surface area contributed by atoms with Crippen LogP contribution in [-0.4, -0.2) is 43.7 Å². The first kappa shape index (κ1) is 22.3. The SMILES string of the molecule is CC1CCC(c2ccccc2)S(O)(O)N1Cc1ccc(C2(C(=O)O)CCOCC2)cc1. The predicted molar refractivity (Wildman–Crippen MR) is 122 cm³/mol. The summed E-state index contributed by atoms with van der Waals surface area (Å²) in [5, 5.41) is 9.58. The van der Waals surface area contributed by atoms with E-state index in [-0.39, 0.29) is 11.3 Å². The number of rotatable bonds is 5. The largest absolute Gasteiger partial charge is 0.481 e. The zero-order valence-electron chi connectivity index (χ0n) is 17.8. The minimum Gasteiger partial charge on any atom is -0.481 e. The van der Waals surface area contributed by atoms with Crippen molar-refractivity contribution in [1.82, 2.24) is 4.31 Å². The molecule has 0 spiro atoms. The topological polar surface area (TPSA) is 90.2 Å². The van der Waals surface area contributed by atoms with Crippen LogP contribution in [-0.2, 0) is 21.5 Å². The number of carbonyl (C=O) groups is 1. The number of aliphatic carboxylic acids is 1. The van der Waals surface area contributed by atoms with Crippen LogP contribution in [0.2, 0.25) is 0 Å². The van der Waals surface area contributed by atoms with Gasteiger partial charge in [0.15, 0.2) is 0 Å².